The molecule has 0 radical (unpaired) electrons. The van der Waals surface area contributed by atoms with Crippen LogP contribution in [-0.2, 0) is 11.2 Å². The number of likely N-dealkylation sites (tertiary alicyclic amines) is 1. The maximum atomic E-state index is 13.1. The van der Waals surface area contributed by atoms with Gasteiger partial charge in [0.1, 0.15) is 17.1 Å². The third kappa shape index (κ3) is 4.23. The smallest absolute Gasteiger partial charge is 0.259 e. The van der Waals surface area contributed by atoms with Crippen LogP contribution in [-0.4, -0.2) is 49.1 Å². The Hall–Kier alpha value is -3.61. The lowest BCUT2D eigenvalue weighted by molar-refractivity contribution is -0.129. The summed E-state index contributed by atoms with van der Waals surface area (Å²) < 4.78 is 10.7. The summed E-state index contributed by atoms with van der Waals surface area (Å²) in [6, 6.07) is 16.1. The number of benzene rings is 2. The Kier molecular flexibility index (Phi) is 6.22. The molecule has 0 bridgehead atoms. The van der Waals surface area contributed by atoms with E-state index < -0.39 is 5.41 Å². The number of nitrogens with zero attached hydrogens (tertiary/aromatic N) is 2. The molecule has 1 fully saturated rings. The minimum absolute atomic E-state index is 0.0506. The van der Waals surface area contributed by atoms with Crippen molar-refractivity contribution in [2.75, 3.05) is 27.2 Å². The molecule has 0 saturated carbocycles. The van der Waals surface area contributed by atoms with Crippen molar-refractivity contribution in [2.24, 2.45) is 5.41 Å². The van der Waals surface area contributed by atoms with Crippen molar-refractivity contribution in [3.05, 3.63) is 71.1 Å². The van der Waals surface area contributed by atoms with Crippen molar-refractivity contribution < 1.29 is 18.8 Å². The van der Waals surface area contributed by atoms with Gasteiger partial charge in [-0.25, -0.2) is 0 Å². The van der Waals surface area contributed by atoms with E-state index in [1.165, 1.54) is 0 Å². The van der Waals surface area contributed by atoms with Crippen LogP contribution >= 0.6 is 0 Å². The minimum atomic E-state index is -0.685. The molecular weight excluding hydrogens is 418 g/mol. The maximum Gasteiger partial charge on any atom is 0.259 e. The number of methoxy groups -OCH3 is 1. The van der Waals surface area contributed by atoms with E-state index in [1.807, 2.05) is 48.5 Å². The lowest BCUT2D eigenvalue weighted by atomic mass is 9.79. The molecule has 1 aromatic heterocycles. The molecule has 172 valence electrons. The van der Waals surface area contributed by atoms with Crippen molar-refractivity contribution in [1.82, 2.24) is 15.4 Å². The first kappa shape index (κ1) is 22.6. The summed E-state index contributed by atoms with van der Waals surface area (Å²) in [7, 11) is 3.31. The average molecular weight is 448 g/mol. The van der Waals surface area contributed by atoms with Gasteiger partial charge in [-0.05, 0) is 43.9 Å². The Morgan fingerprint density at radius 2 is 1.88 bits per heavy atom. The SMILES string of the molecule is CNC(=O)[C@]1(Cc2ccc(-c3ccccc3OC)cc2)CCN(C(=O)c2c(C)noc2C)C1. The number of aromatic nitrogens is 1. The van der Waals surface area contributed by atoms with E-state index in [4.69, 9.17) is 9.26 Å². The number of para-hydroxylation sites is 1. The van der Waals surface area contributed by atoms with Gasteiger partial charge in [0, 0.05) is 25.7 Å². The zero-order chi connectivity index (χ0) is 23.6. The van der Waals surface area contributed by atoms with Crippen LogP contribution in [0, 0.1) is 19.3 Å². The van der Waals surface area contributed by atoms with E-state index in [2.05, 4.69) is 10.5 Å². The molecule has 7 heteroatoms. The highest BCUT2D eigenvalue weighted by Gasteiger charge is 2.46. The third-order valence-corrected chi connectivity index (χ3v) is 6.51. The standard InChI is InChI=1S/C26H29N3O4/c1-17-23(18(2)33-28-17)24(30)29-14-13-26(16-29,25(31)27-3)15-19-9-11-20(12-10-19)21-7-5-6-8-22(21)32-4/h5-12H,13-16H2,1-4H3,(H,27,31)/t26-/m0/s1. The first-order valence-corrected chi connectivity index (χ1v) is 11.0. The number of ether oxygens (including phenoxy) is 1. The van der Waals surface area contributed by atoms with Gasteiger partial charge in [-0.3, -0.25) is 9.59 Å². The summed E-state index contributed by atoms with van der Waals surface area (Å²) in [6.45, 7) is 4.35. The van der Waals surface area contributed by atoms with Crippen molar-refractivity contribution in [3.63, 3.8) is 0 Å². The van der Waals surface area contributed by atoms with E-state index >= 15 is 0 Å². The van der Waals surface area contributed by atoms with Crippen LogP contribution in [0.4, 0.5) is 0 Å². The fraction of sp³-hybridized carbons (Fsp3) is 0.346. The van der Waals surface area contributed by atoms with Gasteiger partial charge in [0.25, 0.3) is 5.91 Å². The normalized spacial score (nSPS) is 17.8. The number of nitrogens with one attached hydrogen (secondary N) is 1. The minimum Gasteiger partial charge on any atom is -0.496 e. The Morgan fingerprint density at radius 1 is 1.15 bits per heavy atom. The van der Waals surface area contributed by atoms with Crippen LogP contribution in [0.5, 0.6) is 5.75 Å². The van der Waals surface area contributed by atoms with E-state index in [1.54, 1.807) is 32.9 Å². The molecule has 2 heterocycles. The number of hydrogen-bond donors (Lipinski definition) is 1. The van der Waals surface area contributed by atoms with Gasteiger partial charge in [-0.1, -0.05) is 47.6 Å². The monoisotopic (exact) mass is 447 g/mol. The Morgan fingerprint density at radius 3 is 2.52 bits per heavy atom. The van der Waals surface area contributed by atoms with Crippen molar-refractivity contribution in [3.8, 4) is 16.9 Å². The second-order valence-electron chi connectivity index (χ2n) is 8.61. The van der Waals surface area contributed by atoms with Crippen molar-refractivity contribution >= 4 is 11.8 Å². The zero-order valence-corrected chi connectivity index (χ0v) is 19.5. The quantitative estimate of drug-likeness (QED) is 0.622. The second-order valence-corrected chi connectivity index (χ2v) is 8.61. The Bertz CT molecular complexity index is 1150. The highest BCUT2D eigenvalue weighted by Crippen LogP contribution is 2.37. The Labute approximate surface area is 193 Å². The van der Waals surface area contributed by atoms with E-state index in [0.717, 1.165) is 22.4 Å². The van der Waals surface area contributed by atoms with Gasteiger partial charge in [0.05, 0.1) is 18.2 Å². The number of aryl methyl sites for hydroxylation is 2. The molecule has 2 aromatic carbocycles. The molecule has 7 nitrogen and oxygen atoms in total. The van der Waals surface area contributed by atoms with E-state index in [0.29, 0.717) is 42.9 Å². The summed E-state index contributed by atoms with van der Waals surface area (Å²) >= 11 is 0. The molecule has 33 heavy (non-hydrogen) atoms. The summed E-state index contributed by atoms with van der Waals surface area (Å²) in [5.41, 5.74) is 3.49. The van der Waals surface area contributed by atoms with E-state index in [9.17, 15) is 9.59 Å². The van der Waals surface area contributed by atoms with Crippen LogP contribution in [0.25, 0.3) is 11.1 Å². The highest BCUT2D eigenvalue weighted by atomic mass is 16.5. The molecule has 4 rings (SSSR count). The van der Waals surface area contributed by atoms with Gasteiger partial charge < -0.3 is 19.5 Å². The molecule has 0 unspecified atom stereocenters. The van der Waals surface area contributed by atoms with Gasteiger partial charge in [-0.2, -0.15) is 0 Å². The second kappa shape index (κ2) is 9.10. The average Bonchev–Trinajstić information content (AvgIpc) is 3.42. The third-order valence-electron chi connectivity index (χ3n) is 6.51. The summed E-state index contributed by atoms with van der Waals surface area (Å²) in [5, 5.41) is 6.71. The summed E-state index contributed by atoms with van der Waals surface area (Å²) in [4.78, 5) is 27.9. The number of carbonyl (C=O) groups is 2. The summed E-state index contributed by atoms with van der Waals surface area (Å²) in [6.07, 6.45) is 1.14. The lowest BCUT2D eigenvalue weighted by Gasteiger charge is -2.28. The Balaban J connectivity index is 1.56. The topological polar surface area (TPSA) is 84.7 Å². The van der Waals surface area contributed by atoms with Crippen LogP contribution in [0.2, 0.25) is 0 Å². The fourth-order valence-corrected chi connectivity index (χ4v) is 4.74. The molecular formula is C26H29N3O4. The first-order valence-electron chi connectivity index (χ1n) is 11.0. The summed E-state index contributed by atoms with van der Waals surface area (Å²) in [5.74, 6) is 1.13. The van der Waals surface area contributed by atoms with Crippen LogP contribution in [0.3, 0.4) is 0 Å². The number of amides is 2. The molecule has 1 N–H and O–H groups in total. The number of rotatable bonds is 6. The number of hydrogen-bond acceptors (Lipinski definition) is 5. The van der Waals surface area contributed by atoms with Crippen LogP contribution in [0.1, 0.15) is 33.8 Å². The molecule has 0 aliphatic carbocycles. The predicted molar refractivity (Wildman–Crippen MR) is 125 cm³/mol. The molecule has 3 aromatic rings. The van der Waals surface area contributed by atoms with Gasteiger partial charge in [0.15, 0.2) is 0 Å². The molecule has 0 spiro atoms. The lowest BCUT2D eigenvalue weighted by Crippen LogP contribution is -2.44. The van der Waals surface area contributed by atoms with Crippen LogP contribution < -0.4 is 10.1 Å². The molecule has 2 amide bonds. The van der Waals surface area contributed by atoms with Crippen molar-refractivity contribution in [1.29, 1.82) is 0 Å². The molecule has 1 aliphatic heterocycles. The predicted octanol–water partition coefficient (Wildman–Crippen LogP) is 3.79. The zero-order valence-electron chi connectivity index (χ0n) is 19.5. The largest absolute Gasteiger partial charge is 0.496 e. The number of carbonyl (C=O) groups excluding carboxylic acids is 2. The first-order chi connectivity index (χ1) is 15.9. The highest BCUT2D eigenvalue weighted by molar-refractivity contribution is 5.97. The molecule has 1 atom stereocenters. The molecule has 1 aliphatic rings. The maximum absolute atomic E-state index is 13.1. The fourth-order valence-electron chi connectivity index (χ4n) is 4.74. The van der Waals surface area contributed by atoms with Crippen molar-refractivity contribution in [2.45, 2.75) is 26.7 Å². The van der Waals surface area contributed by atoms with Gasteiger partial charge in [-0.15, -0.1) is 0 Å². The van der Waals surface area contributed by atoms with Gasteiger partial charge in [0.2, 0.25) is 5.91 Å². The van der Waals surface area contributed by atoms with E-state index in [-0.39, 0.29) is 11.8 Å². The molecule has 1 saturated heterocycles. The van der Waals surface area contributed by atoms with Gasteiger partial charge >= 0.3 is 0 Å². The van der Waals surface area contributed by atoms with Crippen LogP contribution in [0.15, 0.2) is 53.1 Å².